The minimum absolute atomic E-state index is 0.0196. The van der Waals surface area contributed by atoms with Crippen LogP contribution < -0.4 is 19.5 Å². The molecule has 0 radical (unpaired) electrons. The molecule has 1 heterocycles. The van der Waals surface area contributed by atoms with Gasteiger partial charge in [-0.1, -0.05) is 18.2 Å². The van der Waals surface area contributed by atoms with E-state index in [1.54, 1.807) is 20.3 Å². The summed E-state index contributed by atoms with van der Waals surface area (Å²) in [6.45, 7) is 3.98. The van der Waals surface area contributed by atoms with Crippen molar-refractivity contribution in [1.82, 2.24) is 5.32 Å². The van der Waals surface area contributed by atoms with Gasteiger partial charge in [0, 0.05) is 41.7 Å². The number of hydrogen-bond donors (Lipinski definition) is 1. The molecule has 1 aliphatic heterocycles. The van der Waals surface area contributed by atoms with Crippen LogP contribution in [0.15, 0.2) is 53.7 Å². The molecule has 2 aliphatic rings. The first-order valence-electron chi connectivity index (χ1n) is 10.9. The highest BCUT2D eigenvalue weighted by Gasteiger charge is 2.39. The topological polar surface area (TPSA) is 73.9 Å². The van der Waals surface area contributed by atoms with Gasteiger partial charge >= 0.3 is 0 Å². The number of ether oxygens (including phenoxy) is 3. The summed E-state index contributed by atoms with van der Waals surface area (Å²) in [7, 11) is 3.18. The summed E-state index contributed by atoms with van der Waals surface area (Å²) in [6, 6.07) is 13.4. The van der Waals surface area contributed by atoms with Gasteiger partial charge in [0.2, 0.25) is 5.91 Å². The van der Waals surface area contributed by atoms with E-state index in [-0.39, 0.29) is 36.1 Å². The lowest BCUT2D eigenvalue weighted by molar-refractivity contribution is -0.122. The largest absolute Gasteiger partial charge is 0.497 e. The van der Waals surface area contributed by atoms with Crippen LogP contribution in [0.2, 0.25) is 0 Å². The fourth-order valence-electron chi connectivity index (χ4n) is 4.66. The highest BCUT2D eigenvalue weighted by atomic mass is 16.5. The number of amides is 1. The van der Waals surface area contributed by atoms with Gasteiger partial charge in [0.1, 0.15) is 17.2 Å². The van der Waals surface area contributed by atoms with Crippen molar-refractivity contribution in [2.24, 2.45) is 0 Å². The van der Waals surface area contributed by atoms with Crippen molar-refractivity contribution in [2.45, 2.75) is 51.0 Å². The number of ketones is 1. The molecule has 0 bridgehead atoms. The van der Waals surface area contributed by atoms with E-state index in [9.17, 15) is 9.59 Å². The minimum atomic E-state index is -0.324. The van der Waals surface area contributed by atoms with Crippen LogP contribution in [0.3, 0.4) is 0 Å². The van der Waals surface area contributed by atoms with Crippen LogP contribution in [0, 0.1) is 0 Å². The summed E-state index contributed by atoms with van der Waals surface area (Å²) in [5.41, 5.74) is 3.33. The maximum Gasteiger partial charge on any atom is 0.225 e. The monoisotopic (exact) mass is 435 g/mol. The number of Topliss-reactive ketones (excluding diaryl/α,β-unsaturated/α-hetero) is 1. The molecule has 6 heteroatoms. The molecule has 1 aliphatic carbocycles. The average Bonchev–Trinajstić information content (AvgIpc) is 2.77. The molecule has 6 nitrogen and oxygen atoms in total. The Morgan fingerprint density at radius 3 is 2.28 bits per heavy atom. The Kier molecular flexibility index (Phi) is 6.21. The van der Waals surface area contributed by atoms with Crippen molar-refractivity contribution in [2.75, 3.05) is 14.2 Å². The van der Waals surface area contributed by atoms with E-state index in [0.29, 0.717) is 29.9 Å². The molecule has 2 unspecified atom stereocenters. The molecular weight excluding hydrogens is 406 g/mol. The zero-order valence-corrected chi connectivity index (χ0v) is 18.9. The zero-order valence-electron chi connectivity index (χ0n) is 18.9. The predicted octanol–water partition coefficient (Wildman–Crippen LogP) is 4.50. The van der Waals surface area contributed by atoms with E-state index in [0.717, 1.165) is 22.6 Å². The second kappa shape index (κ2) is 9.07. The predicted molar refractivity (Wildman–Crippen MR) is 121 cm³/mol. The second-order valence-electron chi connectivity index (χ2n) is 8.57. The lowest BCUT2D eigenvalue weighted by atomic mass is 9.73. The summed E-state index contributed by atoms with van der Waals surface area (Å²) in [4.78, 5) is 25.9. The number of carbonyl (C=O) groups is 2. The Bertz CT molecular complexity index is 1050. The van der Waals surface area contributed by atoms with E-state index in [4.69, 9.17) is 14.2 Å². The molecule has 168 valence electrons. The maximum atomic E-state index is 13.3. The molecule has 2 atom stereocenters. The van der Waals surface area contributed by atoms with Crippen molar-refractivity contribution in [3.8, 4) is 17.2 Å². The van der Waals surface area contributed by atoms with Crippen LogP contribution in [-0.2, 0) is 9.59 Å². The molecule has 1 amide bonds. The molecule has 0 saturated carbocycles. The van der Waals surface area contributed by atoms with Crippen molar-refractivity contribution >= 4 is 11.7 Å². The first kappa shape index (κ1) is 21.9. The van der Waals surface area contributed by atoms with Gasteiger partial charge in [0.25, 0.3) is 0 Å². The molecular formula is C26H29NO5. The molecule has 0 spiro atoms. The van der Waals surface area contributed by atoms with E-state index in [2.05, 4.69) is 5.32 Å². The van der Waals surface area contributed by atoms with Crippen molar-refractivity contribution in [3.05, 3.63) is 64.9 Å². The quantitative estimate of drug-likeness (QED) is 0.723. The first-order chi connectivity index (χ1) is 15.4. The number of rotatable bonds is 6. The molecule has 4 rings (SSSR count). The SMILES string of the molecule is COc1ccc(C2CC(=O)NC3=C2C(=O)CC(c2ccc(OC(C)C)cc2)C3)c(OC)c1. The number of nitrogens with one attached hydrogen (secondary N) is 1. The Hall–Kier alpha value is -3.28. The van der Waals surface area contributed by atoms with Crippen LogP contribution in [-0.4, -0.2) is 32.0 Å². The number of carbonyl (C=O) groups excluding carboxylic acids is 2. The van der Waals surface area contributed by atoms with Crippen molar-refractivity contribution in [1.29, 1.82) is 0 Å². The molecule has 32 heavy (non-hydrogen) atoms. The molecule has 0 aromatic heterocycles. The molecule has 2 aromatic rings. The van der Waals surface area contributed by atoms with Gasteiger partial charge in [-0.3, -0.25) is 9.59 Å². The van der Waals surface area contributed by atoms with E-state index in [1.165, 1.54) is 0 Å². The fraction of sp³-hybridized carbons (Fsp3) is 0.385. The van der Waals surface area contributed by atoms with Crippen LogP contribution >= 0.6 is 0 Å². The normalized spacial score (nSPS) is 20.7. The third-order valence-corrected chi connectivity index (χ3v) is 6.08. The van der Waals surface area contributed by atoms with Crippen LogP contribution in [0.1, 0.15) is 56.1 Å². The Labute approximate surface area is 188 Å². The van der Waals surface area contributed by atoms with Gasteiger partial charge in [0.15, 0.2) is 5.78 Å². The standard InChI is InChI=1S/C26H29NO5/c1-15(2)32-18-7-5-16(6-8-18)17-11-22-26(23(28)12-17)21(14-25(29)27-22)20-10-9-19(30-3)13-24(20)31-4/h5-10,13,15,17,21H,11-12,14H2,1-4H3,(H,27,29). The van der Waals surface area contributed by atoms with Gasteiger partial charge in [0.05, 0.1) is 20.3 Å². The van der Waals surface area contributed by atoms with Crippen LogP contribution in [0.5, 0.6) is 17.2 Å². The van der Waals surface area contributed by atoms with Gasteiger partial charge < -0.3 is 19.5 Å². The number of allylic oxidation sites excluding steroid dienone is 2. The molecule has 0 fully saturated rings. The number of methoxy groups -OCH3 is 2. The third kappa shape index (κ3) is 4.35. The van der Waals surface area contributed by atoms with Gasteiger partial charge in [-0.05, 0) is 49.9 Å². The molecule has 1 N–H and O–H groups in total. The second-order valence-corrected chi connectivity index (χ2v) is 8.57. The van der Waals surface area contributed by atoms with Gasteiger partial charge in [-0.15, -0.1) is 0 Å². The summed E-state index contributed by atoms with van der Waals surface area (Å²) in [5, 5.41) is 2.98. The first-order valence-corrected chi connectivity index (χ1v) is 10.9. The highest BCUT2D eigenvalue weighted by molar-refractivity contribution is 6.02. The van der Waals surface area contributed by atoms with E-state index in [1.807, 2.05) is 50.2 Å². The number of hydrogen-bond acceptors (Lipinski definition) is 5. The lowest BCUT2D eigenvalue weighted by Crippen LogP contribution is -2.38. The Balaban J connectivity index is 1.65. The summed E-state index contributed by atoms with van der Waals surface area (Å²) in [6.07, 6.45) is 1.36. The van der Waals surface area contributed by atoms with E-state index >= 15 is 0 Å². The maximum absolute atomic E-state index is 13.3. The van der Waals surface area contributed by atoms with E-state index < -0.39 is 0 Å². The van der Waals surface area contributed by atoms with Gasteiger partial charge in [-0.2, -0.15) is 0 Å². The molecule has 2 aromatic carbocycles. The third-order valence-electron chi connectivity index (χ3n) is 6.08. The smallest absolute Gasteiger partial charge is 0.225 e. The number of benzene rings is 2. The fourth-order valence-corrected chi connectivity index (χ4v) is 4.66. The summed E-state index contributed by atoms with van der Waals surface area (Å²) < 4.78 is 16.6. The van der Waals surface area contributed by atoms with Gasteiger partial charge in [-0.25, -0.2) is 0 Å². The van der Waals surface area contributed by atoms with Crippen molar-refractivity contribution in [3.63, 3.8) is 0 Å². The lowest BCUT2D eigenvalue weighted by Gasteiger charge is -2.35. The minimum Gasteiger partial charge on any atom is -0.497 e. The highest BCUT2D eigenvalue weighted by Crippen LogP contribution is 2.45. The average molecular weight is 436 g/mol. The van der Waals surface area contributed by atoms with Crippen LogP contribution in [0.4, 0.5) is 0 Å². The Morgan fingerprint density at radius 2 is 1.62 bits per heavy atom. The zero-order chi connectivity index (χ0) is 22.8. The molecule has 0 saturated heterocycles. The van der Waals surface area contributed by atoms with Crippen LogP contribution in [0.25, 0.3) is 0 Å². The Morgan fingerprint density at radius 1 is 0.906 bits per heavy atom. The summed E-state index contributed by atoms with van der Waals surface area (Å²) in [5.74, 6) is 1.78. The van der Waals surface area contributed by atoms with Crippen molar-refractivity contribution < 1.29 is 23.8 Å². The summed E-state index contributed by atoms with van der Waals surface area (Å²) >= 11 is 0.